The van der Waals surface area contributed by atoms with Crippen LogP contribution in [0.25, 0.3) is 10.9 Å². The number of carbonyl (C=O) groups excluding carboxylic acids is 1. The summed E-state index contributed by atoms with van der Waals surface area (Å²) in [7, 11) is 0. The van der Waals surface area contributed by atoms with Crippen molar-refractivity contribution in [3.05, 3.63) is 82.8 Å². The van der Waals surface area contributed by atoms with Gasteiger partial charge in [0.05, 0.1) is 6.54 Å². The van der Waals surface area contributed by atoms with Gasteiger partial charge in [0, 0.05) is 63.4 Å². The SMILES string of the molecule is [2H]C([2H])([2H])N1C[C@@H]2C[C@]2(C#Cc2cc(C)nc(C(=O)NC(c3cc4ccccc4[nH]3)c3ncc4n3C[C@@H](F)C4)c2)C1. The Bertz CT molecular complexity index is 1720. The number of benzene rings is 1. The molecule has 3 aliphatic rings. The lowest BCUT2D eigenvalue weighted by Crippen LogP contribution is -2.32. The Labute approximate surface area is 224 Å². The molecule has 1 aromatic carbocycles. The van der Waals surface area contributed by atoms with Crippen LogP contribution in [0.1, 0.15) is 55.5 Å². The van der Waals surface area contributed by atoms with E-state index in [2.05, 4.69) is 32.1 Å². The number of piperidine rings is 1. The van der Waals surface area contributed by atoms with Crippen LogP contribution in [0.4, 0.5) is 4.39 Å². The number of aromatic nitrogens is 4. The van der Waals surface area contributed by atoms with Gasteiger partial charge in [-0.3, -0.25) is 4.79 Å². The summed E-state index contributed by atoms with van der Waals surface area (Å²) in [6.07, 6.45) is 1.89. The second-order valence-electron chi connectivity index (χ2n) is 10.8. The molecule has 7 nitrogen and oxygen atoms in total. The van der Waals surface area contributed by atoms with Crippen molar-refractivity contribution in [3.8, 4) is 11.8 Å². The normalized spacial score (nSPS) is 26.0. The zero-order valence-corrected chi connectivity index (χ0v) is 21.0. The highest BCUT2D eigenvalue weighted by Crippen LogP contribution is 2.56. The van der Waals surface area contributed by atoms with Crippen molar-refractivity contribution in [3.63, 3.8) is 0 Å². The number of aromatic amines is 1. The van der Waals surface area contributed by atoms with Crippen LogP contribution < -0.4 is 5.32 Å². The van der Waals surface area contributed by atoms with Crippen molar-refractivity contribution in [2.75, 3.05) is 20.1 Å². The molecular weight excluding hydrogens is 479 g/mol. The third kappa shape index (κ3) is 3.98. The molecule has 8 heteroatoms. The number of H-pyrrole nitrogens is 1. The number of imidazole rings is 1. The molecule has 5 heterocycles. The molecule has 1 saturated carbocycles. The van der Waals surface area contributed by atoms with Gasteiger partial charge in [0.2, 0.25) is 0 Å². The van der Waals surface area contributed by atoms with E-state index in [0.29, 0.717) is 36.6 Å². The average Bonchev–Trinajstić information content (AvgIpc) is 3.38. The lowest BCUT2D eigenvalue weighted by molar-refractivity contribution is 0.0935. The fourth-order valence-corrected chi connectivity index (χ4v) is 5.99. The summed E-state index contributed by atoms with van der Waals surface area (Å²) in [5, 5.41) is 4.08. The number of rotatable bonds is 4. The molecule has 0 spiro atoms. The number of nitrogens with zero attached hydrogens (tertiary/aromatic N) is 4. The molecule has 2 fully saturated rings. The van der Waals surface area contributed by atoms with Crippen molar-refractivity contribution >= 4 is 16.8 Å². The molecule has 38 heavy (non-hydrogen) atoms. The molecule has 192 valence electrons. The van der Waals surface area contributed by atoms with E-state index in [4.69, 9.17) is 4.11 Å². The van der Waals surface area contributed by atoms with E-state index in [1.54, 1.807) is 12.3 Å². The van der Waals surface area contributed by atoms with E-state index < -0.39 is 25.1 Å². The van der Waals surface area contributed by atoms with E-state index in [9.17, 15) is 9.18 Å². The highest BCUT2D eigenvalue weighted by atomic mass is 19.1. The fraction of sp³-hybridized carbons (Fsp3) is 0.367. The number of fused-ring (bicyclic) bond motifs is 3. The molecule has 0 radical (unpaired) electrons. The van der Waals surface area contributed by atoms with Crippen molar-refractivity contribution in [2.24, 2.45) is 11.3 Å². The largest absolute Gasteiger partial charge is 0.356 e. The Morgan fingerprint density at radius 3 is 3.05 bits per heavy atom. The van der Waals surface area contributed by atoms with Crippen molar-refractivity contribution < 1.29 is 13.3 Å². The van der Waals surface area contributed by atoms with Crippen LogP contribution >= 0.6 is 0 Å². The zero-order chi connectivity index (χ0) is 28.5. The lowest BCUT2D eigenvalue weighted by atomic mass is 10.1. The quantitative estimate of drug-likeness (QED) is 0.409. The van der Waals surface area contributed by atoms with Gasteiger partial charge in [-0.1, -0.05) is 30.0 Å². The summed E-state index contributed by atoms with van der Waals surface area (Å²) in [4.78, 5) is 27.7. The summed E-state index contributed by atoms with van der Waals surface area (Å²) in [5.41, 5.74) is 3.67. The number of nitrogens with one attached hydrogen (secondary N) is 2. The molecule has 1 saturated heterocycles. The van der Waals surface area contributed by atoms with Crippen LogP contribution in [0.2, 0.25) is 0 Å². The first-order chi connectivity index (χ1) is 19.6. The maximum atomic E-state index is 14.3. The Kier molecular flexibility index (Phi) is 4.51. The van der Waals surface area contributed by atoms with Crippen molar-refractivity contribution in [1.29, 1.82) is 0 Å². The number of para-hydroxylation sites is 1. The maximum Gasteiger partial charge on any atom is 0.270 e. The number of carbonyl (C=O) groups is 1. The Morgan fingerprint density at radius 2 is 2.21 bits per heavy atom. The van der Waals surface area contributed by atoms with E-state index in [-0.39, 0.29) is 23.6 Å². The first-order valence-corrected chi connectivity index (χ1v) is 12.9. The summed E-state index contributed by atoms with van der Waals surface area (Å²) < 4.78 is 39.2. The number of alkyl halides is 1. The molecule has 1 amide bonds. The van der Waals surface area contributed by atoms with Crippen LogP contribution in [-0.4, -0.2) is 56.6 Å². The molecule has 2 aliphatic heterocycles. The molecule has 3 aromatic heterocycles. The van der Waals surface area contributed by atoms with Gasteiger partial charge < -0.3 is 19.8 Å². The van der Waals surface area contributed by atoms with E-state index in [1.165, 1.54) is 4.90 Å². The van der Waals surface area contributed by atoms with Gasteiger partial charge in [-0.25, -0.2) is 14.4 Å². The molecule has 1 unspecified atom stereocenters. The number of likely N-dealkylation sites (tertiary alicyclic amines) is 1. The fourth-order valence-electron chi connectivity index (χ4n) is 5.99. The molecule has 4 atom stereocenters. The van der Waals surface area contributed by atoms with Gasteiger partial charge in [-0.2, -0.15) is 0 Å². The first-order valence-electron chi connectivity index (χ1n) is 14.4. The second-order valence-corrected chi connectivity index (χ2v) is 10.8. The van der Waals surface area contributed by atoms with Crippen molar-refractivity contribution in [1.82, 2.24) is 29.7 Å². The Morgan fingerprint density at radius 1 is 1.32 bits per heavy atom. The first kappa shape index (κ1) is 20.1. The number of pyridine rings is 1. The molecule has 1 aliphatic carbocycles. The second kappa shape index (κ2) is 8.53. The molecule has 7 rings (SSSR count). The topological polar surface area (TPSA) is 78.8 Å². The summed E-state index contributed by atoms with van der Waals surface area (Å²) in [5.74, 6) is 6.95. The summed E-state index contributed by atoms with van der Waals surface area (Å²) in [6, 6.07) is 12.6. The van der Waals surface area contributed by atoms with Gasteiger partial charge in [-0.15, -0.1) is 0 Å². The van der Waals surface area contributed by atoms with E-state index in [0.717, 1.165) is 28.7 Å². The Hall–Kier alpha value is -3.96. The standard InChI is InChI=1S/C30H29FN6O/c1-18-9-19(7-8-30-13-21(30)15-36(2)17-30)10-26(33-18)29(38)35-27(25-11-20-5-3-4-6-24(20)34-25)28-32-14-23-12-22(31)16-37(23)28/h3-6,9-11,14,21-22,27,34H,12-13,15-17H2,1-2H3,(H,35,38)/t21-,22-,27?,30+/m0/s1/i2D3. The number of amides is 1. The molecular formula is C30H29FN6O. The minimum absolute atomic E-state index is 0.196. The third-order valence-electron chi connectivity index (χ3n) is 7.96. The van der Waals surface area contributed by atoms with Crippen LogP contribution in [0.3, 0.4) is 0 Å². The number of hydrogen-bond donors (Lipinski definition) is 2. The highest BCUT2D eigenvalue weighted by Gasteiger charge is 2.58. The van der Waals surface area contributed by atoms with Crippen molar-refractivity contribution in [2.45, 2.75) is 38.5 Å². The highest BCUT2D eigenvalue weighted by molar-refractivity contribution is 5.93. The van der Waals surface area contributed by atoms with Gasteiger partial charge in [0.25, 0.3) is 5.91 Å². The van der Waals surface area contributed by atoms with Crippen LogP contribution in [0.15, 0.2) is 48.7 Å². The average molecular weight is 512 g/mol. The van der Waals surface area contributed by atoms with Gasteiger partial charge in [0.1, 0.15) is 23.7 Å². The predicted molar refractivity (Wildman–Crippen MR) is 142 cm³/mol. The maximum absolute atomic E-state index is 14.3. The minimum atomic E-state index is -2.11. The lowest BCUT2D eigenvalue weighted by Gasteiger charge is -2.19. The molecule has 4 aromatic rings. The summed E-state index contributed by atoms with van der Waals surface area (Å²) in [6.45, 7) is 0.858. The predicted octanol–water partition coefficient (Wildman–Crippen LogP) is 3.78. The number of hydrogen-bond acceptors (Lipinski definition) is 4. The van der Waals surface area contributed by atoms with E-state index in [1.807, 2.05) is 47.9 Å². The minimum Gasteiger partial charge on any atom is -0.356 e. The monoisotopic (exact) mass is 511 g/mol. The number of halogens is 1. The zero-order valence-electron chi connectivity index (χ0n) is 24.0. The number of aryl methyl sites for hydroxylation is 1. The van der Waals surface area contributed by atoms with Crippen LogP contribution in [-0.2, 0) is 13.0 Å². The molecule has 0 bridgehead atoms. The van der Waals surface area contributed by atoms with Gasteiger partial charge in [0.15, 0.2) is 0 Å². The van der Waals surface area contributed by atoms with E-state index >= 15 is 0 Å². The van der Waals surface area contributed by atoms with Gasteiger partial charge in [-0.05, 0) is 55.9 Å². The smallest absolute Gasteiger partial charge is 0.270 e. The third-order valence-corrected chi connectivity index (χ3v) is 7.96. The van der Waals surface area contributed by atoms with Gasteiger partial charge >= 0.3 is 0 Å². The van der Waals surface area contributed by atoms with Crippen LogP contribution in [0.5, 0.6) is 0 Å². The Balaban J connectivity index is 1.18. The summed E-state index contributed by atoms with van der Waals surface area (Å²) >= 11 is 0. The van der Waals surface area contributed by atoms with Crippen LogP contribution in [0, 0.1) is 30.1 Å². The molecule has 2 N–H and O–H groups in total.